The Morgan fingerprint density at radius 2 is 1.95 bits per heavy atom. The summed E-state index contributed by atoms with van der Waals surface area (Å²) in [5, 5.41) is 0. The monoisotopic (exact) mass is 271 g/mol. The van der Waals surface area contributed by atoms with Gasteiger partial charge in [0.1, 0.15) is 0 Å². The molecule has 0 saturated heterocycles. The van der Waals surface area contributed by atoms with Crippen LogP contribution in [0.1, 0.15) is 56.6 Å². The molecule has 3 N–H and O–H groups in total. The Morgan fingerprint density at radius 1 is 1.20 bits per heavy atom. The van der Waals surface area contributed by atoms with Crippen LogP contribution in [-0.4, -0.2) is 9.55 Å². The highest BCUT2D eigenvalue weighted by atomic mass is 16.1. The number of H-pyrrole nitrogens is 1. The van der Waals surface area contributed by atoms with Crippen LogP contribution < -0.4 is 11.4 Å². The molecule has 0 spiro atoms. The van der Waals surface area contributed by atoms with Crippen molar-refractivity contribution in [1.82, 2.24) is 9.55 Å². The smallest absolute Gasteiger partial charge is 0.321 e. The number of benzene rings is 1. The Kier molecular flexibility index (Phi) is 2.58. The molecule has 0 amide bonds. The highest BCUT2D eigenvalue weighted by Gasteiger charge is 2.31. The molecule has 2 aromatic rings. The first-order valence-corrected chi connectivity index (χ1v) is 7.71. The fraction of sp³-hybridized carbons (Fsp3) is 0.562. The highest BCUT2D eigenvalue weighted by Crippen LogP contribution is 2.38. The number of fused-ring (bicyclic) bond motifs is 1. The van der Waals surface area contributed by atoms with Gasteiger partial charge in [-0.3, -0.25) is 4.57 Å². The first-order valence-electron chi connectivity index (χ1n) is 7.71. The topological polar surface area (TPSA) is 63.8 Å². The summed E-state index contributed by atoms with van der Waals surface area (Å²) in [5.41, 5.74) is 9.55. The zero-order valence-electron chi connectivity index (χ0n) is 11.7. The van der Waals surface area contributed by atoms with Crippen molar-refractivity contribution in [1.29, 1.82) is 0 Å². The molecule has 2 fully saturated rings. The summed E-state index contributed by atoms with van der Waals surface area (Å²) >= 11 is 0. The van der Waals surface area contributed by atoms with Crippen molar-refractivity contribution in [2.45, 2.75) is 56.5 Å². The summed E-state index contributed by atoms with van der Waals surface area (Å²) in [7, 11) is 0. The van der Waals surface area contributed by atoms with Crippen molar-refractivity contribution in [3.63, 3.8) is 0 Å². The van der Waals surface area contributed by atoms with E-state index in [0.29, 0.717) is 6.04 Å². The molecule has 0 radical (unpaired) electrons. The maximum absolute atomic E-state index is 12.1. The molecule has 2 aliphatic carbocycles. The van der Waals surface area contributed by atoms with Gasteiger partial charge in [0.25, 0.3) is 0 Å². The SMILES string of the molecule is NC1(c2ccc3c(c2)[nH]c(=O)n3C2CC2)CCCCC1. The number of nitrogens with two attached hydrogens (primary N) is 1. The predicted molar refractivity (Wildman–Crippen MR) is 79.8 cm³/mol. The zero-order valence-corrected chi connectivity index (χ0v) is 11.7. The lowest BCUT2D eigenvalue weighted by Crippen LogP contribution is -2.38. The molecule has 1 aromatic heterocycles. The molecule has 1 heterocycles. The van der Waals surface area contributed by atoms with Gasteiger partial charge in [0.15, 0.2) is 0 Å². The molecule has 2 aliphatic rings. The molecule has 0 atom stereocenters. The second-order valence-corrected chi connectivity index (χ2v) is 6.48. The quantitative estimate of drug-likeness (QED) is 0.882. The first kappa shape index (κ1) is 12.2. The second kappa shape index (κ2) is 4.22. The van der Waals surface area contributed by atoms with E-state index in [1.807, 2.05) is 4.57 Å². The second-order valence-electron chi connectivity index (χ2n) is 6.48. The van der Waals surface area contributed by atoms with Gasteiger partial charge in [-0.05, 0) is 43.4 Å². The van der Waals surface area contributed by atoms with Crippen molar-refractivity contribution < 1.29 is 0 Å². The van der Waals surface area contributed by atoms with E-state index < -0.39 is 0 Å². The number of nitrogens with zero attached hydrogens (tertiary/aromatic N) is 1. The maximum atomic E-state index is 12.1. The van der Waals surface area contributed by atoms with Crippen molar-refractivity contribution in [3.8, 4) is 0 Å². The minimum absolute atomic E-state index is 0.0226. The van der Waals surface area contributed by atoms with E-state index in [1.54, 1.807) is 0 Å². The Bertz CT molecular complexity index is 702. The molecule has 106 valence electrons. The lowest BCUT2D eigenvalue weighted by atomic mass is 9.77. The number of imidazole rings is 1. The fourth-order valence-corrected chi connectivity index (χ4v) is 3.61. The van der Waals surface area contributed by atoms with Crippen molar-refractivity contribution >= 4 is 11.0 Å². The average Bonchev–Trinajstić information content (AvgIpc) is 3.21. The molecule has 2 saturated carbocycles. The van der Waals surface area contributed by atoms with Gasteiger partial charge in [0.2, 0.25) is 0 Å². The van der Waals surface area contributed by atoms with Gasteiger partial charge in [-0.25, -0.2) is 4.79 Å². The lowest BCUT2D eigenvalue weighted by Gasteiger charge is -2.34. The van der Waals surface area contributed by atoms with Gasteiger partial charge >= 0.3 is 5.69 Å². The third-order valence-corrected chi connectivity index (χ3v) is 4.95. The highest BCUT2D eigenvalue weighted by molar-refractivity contribution is 5.76. The molecule has 0 unspecified atom stereocenters. The van der Waals surface area contributed by atoms with E-state index in [2.05, 4.69) is 23.2 Å². The van der Waals surface area contributed by atoms with Crippen LogP contribution in [0.25, 0.3) is 11.0 Å². The van der Waals surface area contributed by atoms with E-state index >= 15 is 0 Å². The van der Waals surface area contributed by atoms with Gasteiger partial charge in [0, 0.05) is 11.6 Å². The van der Waals surface area contributed by atoms with E-state index in [1.165, 1.54) is 24.8 Å². The van der Waals surface area contributed by atoms with Crippen LogP contribution in [0, 0.1) is 0 Å². The predicted octanol–water partition coefficient (Wildman–Crippen LogP) is 2.78. The molecule has 4 heteroatoms. The summed E-state index contributed by atoms with van der Waals surface area (Å²) < 4.78 is 1.91. The van der Waals surface area contributed by atoms with Crippen molar-refractivity contribution in [2.75, 3.05) is 0 Å². The lowest BCUT2D eigenvalue weighted by molar-refractivity contribution is 0.302. The van der Waals surface area contributed by atoms with E-state index in [9.17, 15) is 4.79 Å². The largest absolute Gasteiger partial charge is 0.326 e. The standard InChI is InChI=1S/C16H21N3O/c17-16(8-2-1-3-9-16)11-4-7-14-13(10-11)18-15(20)19(14)12-5-6-12/h4,7,10,12H,1-3,5-6,8-9,17H2,(H,18,20). The average molecular weight is 271 g/mol. The number of nitrogens with one attached hydrogen (secondary N) is 1. The van der Waals surface area contributed by atoms with Crippen LogP contribution in [0.15, 0.2) is 23.0 Å². The van der Waals surface area contributed by atoms with Crippen LogP contribution in [0.4, 0.5) is 0 Å². The maximum Gasteiger partial charge on any atom is 0.326 e. The van der Waals surface area contributed by atoms with Crippen LogP contribution in [-0.2, 0) is 5.54 Å². The van der Waals surface area contributed by atoms with Crippen molar-refractivity contribution in [3.05, 3.63) is 34.2 Å². The molecule has 0 aliphatic heterocycles. The molecule has 4 rings (SSSR count). The molecular formula is C16H21N3O. The third-order valence-electron chi connectivity index (χ3n) is 4.95. The van der Waals surface area contributed by atoms with Crippen LogP contribution in [0.3, 0.4) is 0 Å². The molecule has 1 aromatic carbocycles. The number of aromatic nitrogens is 2. The third kappa shape index (κ3) is 1.82. The van der Waals surface area contributed by atoms with Crippen LogP contribution >= 0.6 is 0 Å². The fourth-order valence-electron chi connectivity index (χ4n) is 3.61. The van der Waals surface area contributed by atoms with Gasteiger partial charge in [-0.1, -0.05) is 25.3 Å². The van der Waals surface area contributed by atoms with Gasteiger partial charge in [-0.2, -0.15) is 0 Å². The summed E-state index contributed by atoms with van der Waals surface area (Å²) in [6.07, 6.45) is 8.03. The van der Waals surface area contributed by atoms with E-state index in [-0.39, 0.29) is 11.2 Å². The normalized spacial score (nSPS) is 22.2. The summed E-state index contributed by atoms with van der Waals surface area (Å²) in [6.45, 7) is 0. The number of aromatic amines is 1. The van der Waals surface area contributed by atoms with Gasteiger partial charge in [0.05, 0.1) is 11.0 Å². The Morgan fingerprint density at radius 3 is 2.65 bits per heavy atom. The van der Waals surface area contributed by atoms with Crippen LogP contribution in [0.5, 0.6) is 0 Å². The number of rotatable bonds is 2. The summed E-state index contributed by atoms with van der Waals surface area (Å²) in [6, 6.07) is 6.70. The minimum atomic E-state index is -0.203. The molecule has 0 bridgehead atoms. The van der Waals surface area contributed by atoms with E-state index in [0.717, 1.165) is 36.7 Å². The summed E-state index contributed by atoms with van der Waals surface area (Å²) in [4.78, 5) is 15.1. The first-order chi connectivity index (χ1) is 9.67. The van der Waals surface area contributed by atoms with Crippen molar-refractivity contribution in [2.24, 2.45) is 5.73 Å². The van der Waals surface area contributed by atoms with Gasteiger partial charge < -0.3 is 10.7 Å². The Balaban J connectivity index is 1.81. The minimum Gasteiger partial charge on any atom is -0.321 e. The molecule has 4 nitrogen and oxygen atoms in total. The van der Waals surface area contributed by atoms with Gasteiger partial charge in [-0.15, -0.1) is 0 Å². The Labute approximate surface area is 118 Å². The number of hydrogen-bond donors (Lipinski definition) is 2. The number of hydrogen-bond acceptors (Lipinski definition) is 2. The molecular weight excluding hydrogens is 250 g/mol. The zero-order chi connectivity index (χ0) is 13.7. The van der Waals surface area contributed by atoms with Crippen LogP contribution in [0.2, 0.25) is 0 Å². The summed E-state index contributed by atoms with van der Waals surface area (Å²) in [5.74, 6) is 0. The molecule has 20 heavy (non-hydrogen) atoms. The van der Waals surface area contributed by atoms with E-state index in [4.69, 9.17) is 5.73 Å². The Hall–Kier alpha value is -1.55.